The van der Waals surface area contributed by atoms with Gasteiger partial charge in [0, 0.05) is 116 Å². The summed E-state index contributed by atoms with van der Waals surface area (Å²) in [7, 11) is 1.82. The van der Waals surface area contributed by atoms with Gasteiger partial charge in [0.15, 0.2) is 0 Å². The van der Waals surface area contributed by atoms with Gasteiger partial charge in [-0.2, -0.15) is 5.26 Å². The third kappa shape index (κ3) is 11.6. The number of nitrogens with one attached hydrogen (secondary N) is 3. The average Bonchev–Trinajstić information content (AvgIpc) is 4.02. The minimum atomic E-state index is -0.857. The van der Waals surface area contributed by atoms with E-state index in [0.29, 0.717) is 98.7 Å². The molecule has 2 aromatic heterocycles. The Kier molecular flexibility index (Phi) is 15.7. The second-order valence-electron chi connectivity index (χ2n) is 17.1. The molecule has 0 spiro atoms. The highest BCUT2D eigenvalue weighted by Crippen LogP contribution is 2.43. The van der Waals surface area contributed by atoms with Crippen molar-refractivity contribution in [3.8, 4) is 28.7 Å². The molecule has 0 unspecified atom stereocenters. The predicted molar refractivity (Wildman–Crippen MR) is 264 cm³/mol. The summed E-state index contributed by atoms with van der Waals surface area (Å²) in [4.78, 5) is 63.0. The molecule has 358 valence electrons. The maximum absolute atomic E-state index is 14.5. The lowest BCUT2D eigenvalue weighted by Gasteiger charge is -2.21. The Morgan fingerprint density at radius 1 is 0.657 bits per heavy atom. The number of carbonyl (C=O) groups excluding carboxylic acids is 2. The lowest BCUT2D eigenvalue weighted by molar-refractivity contribution is -0.138. The molecular formula is C54H54N8O8. The minimum Gasteiger partial charge on any atom is -0.488 e. The first-order chi connectivity index (χ1) is 34.1. The van der Waals surface area contributed by atoms with E-state index in [2.05, 4.69) is 44.1 Å². The molecule has 5 N–H and O–H groups in total. The van der Waals surface area contributed by atoms with Crippen LogP contribution >= 0.6 is 0 Å². The molecule has 4 aromatic carbocycles. The molecule has 0 saturated carbocycles. The molecule has 4 heterocycles. The van der Waals surface area contributed by atoms with Crippen molar-refractivity contribution in [1.29, 1.82) is 5.26 Å². The summed E-state index contributed by atoms with van der Waals surface area (Å²) in [5, 5.41) is 37.2. The van der Waals surface area contributed by atoms with Gasteiger partial charge in [-0.25, -0.2) is 0 Å². The number of hydrogen-bond acceptors (Lipinski definition) is 12. The van der Waals surface area contributed by atoms with E-state index in [1.54, 1.807) is 53.8 Å². The highest BCUT2D eigenvalue weighted by atomic mass is 16.5. The Bertz CT molecular complexity index is 2950. The molecule has 0 bridgehead atoms. The largest absolute Gasteiger partial charge is 0.488 e. The molecule has 16 nitrogen and oxygen atoms in total. The van der Waals surface area contributed by atoms with Crippen molar-refractivity contribution in [1.82, 2.24) is 20.6 Å². The van der Waals surface area contributed by atoms with Gasteiger partial charge in [0.05, 0.1) is 11.3 Å². The van der Waals surface area contributed by atoms with Crippen LogP contribution in [0.25, 0.3) is 11.1 Å². The zero-order valence-corrected chi connectivity index (χ0v) is 38.9. The van der Waals surface area contributed by atoms with Crippen LogP contribution in [0.15, 0.2) is 110 Å². The number of aliphatic carboxylic acids is 2. The van der Waals surface area contributed by atoms with Crippen molar-refractivity contribution >= 4 is 40.8 Å². The molecule has 0 radical (unpaired) electrons. The Morgan fingerprint density at radius 2 is 1.16 bits per heavy atom. The number of carboxylic acids is 2. The van der Waals surface area contributed by atoms with Crippen molar-refractivity contribution in [2.24, 2.45) is 0 Å². The molecule has 0 saturated heterocycles. The van der Waals surface area contributed by atoms with E-state index in [1.165, 1.54) is 6.20 Å². The van der Waals surface area contributed by atoms with E-state index in [0.717, 1.165) is 56.0 Å². The van der Waals surface area contributed by atoms with Crippen LogP contribution in [0.5, 0.6) is 11.5 Å². The minimum absolute atomic E-state index is 0.0517. The second kappa shape index (κ2) is 22.8. The van der Waals surface area contributed by atoms with Crippen LogP contribution < -0.4 is 35.2 Å². The van der Waals surface area contributed by atoms with Gasteiger partial charge in [-0.05, 0) is 110 Å². The number of anilines is 3. The molecule has 8 rings (SSSR count). The highest BCUT2D eigenvalue weighted by Gasteiger charge is 2.32. The van der Waals surface area contributed by atoms with Gasteiger partial charge in [0.1, 0.15) is 30.8 Å². The highest BCUT2D eigenvalue weighted by molar-refractivity contribution is 6.09. The van der Waals surface area contributed by atoms with Crippen molar-refractivity contribution in [3.63, 3.8) is 0 Å². The number of nitriles is 1. The molecule has 0 aliphatic carbocycles. The Morgan fingerprint density at radius 3 is 1.64 bits per heavy atom. The number of amides is 2. The lowest BCUT2D eigenvalue weighted by Crippen LogP contribution is -2.29. The van der Waals surface area contributed by atoms with Crippen LogP contribution in [0.1, 0.15) is 85.3 Å². The van der Waals surface area contributed by atoms with Crippen molar-refractivity contribution in [3.05, 3.63) is 160 Å². The number of benzene rings is 4. The van der Waals surface area contributed by atoms with Crippen molar-refractivity contribution < 1.29 is 38.9 Å². The summed E-state index contributed by atoms with van der Waals surface area (Å²) in [6.45, 7) is 3.11. The smallest absolute Gasteiger partial charge is 0.303 e. The summed E-state index contributed by atoms with van der Waals surface area (Å²) >= 11 is 0. The monoisotopic (exact) mass is 942 g/mol. The number of pyridine rings is 2. The summed E-state index contributed by atoms with van der Waals surface area (Å²) < 4.78 is 12.6. The van der Waals surface area contributed by atoms with E-state index in [4.69, 9.17) is 19.7 Å². The SMILES string of the molecule is CNc1cncc(COc2cc(C(=O)N3CCc4c(-c5cccc6c5CCN6C(=O)c5ccc(CNCCCC(=O)O)c(OCc6cncc(C#N)c6)c5)cccc43)ccc2CNCCCC(=O)O)c1. The number of nitrogens with zero attached hydrogens (tertiary/aromatic N) is 5. The molecule has 0 fully saturated rings. The van der Waals surface area contributed by atoms with E-state index in [1.807, 2.05) is 54.4 Å². The Labute approximate surface area is 405 Å². The van der Waals surface area contributed by atoms with Gasteiger partial charge in [0.2, 0.25) is 0 Å². The lowest BCUT2D eigenvalue weighted by atomic mass is 9.93. The van der Waals surface area contributed by atoms with Gasteiger partial charge in [-0.1, -0.05) is 36.4 Å². The maximum atomic E-state index is 14.5. The molecule has 2 amide bonds. The topological polar surface area (TPSA) is 219 Å². The zero-order chi connectivity index (χ0) is 49.0. The van der Waals surface area contributed by atoms with Crippen LogP contribution in [0.3, 0.4) is 0 Å². The predicted octanol–water partition coefficient (Wildman–Crippen LogP) is 7.53. The molecule has 16 heteroatoms. The fraction of sp³-hybridized carbons (Fsp3) is 0.278. The first-order valence-corrected chi connectivity index (χ1v) is 23.3. The van der Waals surface area contributed by atoms with Crippen molar-refractivity contribution in [2.45, 2.75) is 64.8 Å². The second-order valence-corrected chi connectivity index (χ2v) is 17.1. The van der Waals surface area contributed by atoms with Crippen molar-refractivity contribution in [2.75, 3.05) is 48.3 Å². The van der Waals surface area contributed by atoms with Gasteiger partial charge < -0.3 is 45.4 Å². The summed E-state index contributed by atoms with van der Waals surface area (Å²) in [6.07, 6.45) is 8.90. The van der Waals surface area contributed by atoms with E-state index in [-0.39, 0.29) is 37.9 Å². The van der Waals surface area contributed by atoms with Gasteiger partial charge in [0.25, 0.3) is 11.8 Å². The fourth-order valence-electron chi connectivity index (χ4n) is 8.87. The number of ether oxygens (including phenoxy) is 2. The van der Waals surface area contributed by atoms with E-state index >= 15 is 0 Å². The quantitative estimate of drug-likeness (QED) is 0.0416. The van der Waals surface area contributed by atoms with Gasteiger partial charge in [-0.3, -0.25) is 29.1 Å². The van der Waals surface area contributed by atoms with E-state index in [9.17, 15) is 24.4 Å². The average molecular weight is 943 g/mol. The third-order valence-corrected chi connectivity index (χ3v) is 12.4. The summed E-state index contributed by atoms with van der Waals surface area (Å²) in [5.74, 6) is -1.02. The Hall–Kier alpha value is -8.13. The van der Waals surface area contributed by atoms with Gasteiger partial charge in [-0.15, -0.1) is 0 Å². The van der Waals surface area contributed by atoms with Crippen LogP contribution in [0.4, 0.5) is 17.1 Å². The molecule has 6 aromatic rings. The van der Waals surface area contributed by atoms with E-state index < -0.39 is 11.9 Å². The third-order valence-electron chi connectivity index (χ3n) is 12.4. The zero-order valence-electron chi connectivity index (χ0n) is 38.9. The number of hydrogen-bond donors (Lipinski definition) is 5. The standard InChI is InChI=1S/C54H54N8O8/c1-56-42-23-37(29-60-32-42)34-70-50-25-39(13-15-41(50)31-58-19-5-11-52(65)66)54(68)62-21-17-46-44(7-3-9-48(46)62)43-6-2-8-47-45(43)16-20-61(47)53(67)38-12-14-40(30-57-18-4-10-51(63)64)49(24-38)69-33-36-22-35(26-55)27-59-28-36/h2-3,6-9,12-15,22-25,27-29,32,56-58H,4-5,10-11,16-21,30-31,33-34H2,1H3,(H,63,64)(H,65,66). The summed E-state index contributed by atoms with van der Waals surface area (Å²) in [5.41, 5.74) is 11.1. The Balaban J connectivity index is 1.01. The number of aromatic nitrogens is 2. The van der Waals surface area contributed by atoms with Crippen LogP contribution in [-0.2, 0) is 48.7 Å². The normalized spacial score (nSPS) is 12.5. The molecule has 70 heavy (non-hydrogen) atoms. The van der Waals surface area contributed by atoms with Crippen LogP contribution in [0, 0.1) is 11.3 Å². The fourth-order valence-corrected chi connectivity index (χ4v) is 8.87. The number of carboxylic acid groups (broad SMARTS) is 2. The first kappa shape index (κ1) is 48.3. The van der Waals surface area contributed by atoms with Crippen LogP contribution in [0.2, 0.25) is 0 Å². The maximum Gasteiger partial charge on any atom is 0.303 e. The molecule has 2 aliphatic heterocycles. The molecule has 0 atom stereocenters. The first-order valence-electron chi connectivity index (χ1n) is 23.3. The number of carbonyl (C=O) groups is 4. The van der Waals surface area contributed by atoms with Crippen LogP contribution in [-0.4, -0.2) is 77.2 Å². The number of fused-ring (bicyclic) bond motifs is 2. The number of rotatable bonds is 22. The summed E-state index contributed by atoms with van der Waals surface area (Å²) in [6, 6.07) is 28.6. The molecule has 2 aliphatic rings. The van der Waals surface area contributed by atoms with Gasteiger partial charge >= 0.3 is 11.9 Å². The molecular weight excluding hydrogens is 889 g/mol.